The second kappa shape index (κ2) is 4.70. The highest BCUT2D eigenvalue weighted by Gasteiger charge is 2.13. The molecule has 0 spiro atoms. The lowest BCUT2D eigenvalue weighted by Crippen LogP contribution is -1.98. The molecule has 0 aromatic heterocycles. The van der Waals surface area contributed by atoms with Crippen molar-refractivity contribution in [3.8, 4) is 17.6 Å². The molecule has 0 aliphatic heterocycles. The van der Waals surface area contributed by atoms with Gasteiger partial charge in [-0.3, -0.25) is 0 Å². The van der Waals surface area contributed by atoms with E-state index in [1.54, 1.807) is 14.2 Å². The van der Waals surface area contributed by atoms with Gasteiger partial charge in [-0.25, -0.2) is 0 Å². The summed E-state index contributed by atoms with van der Waals surface area (Å²) in [5, 5.41) is 8.89. The standard InChI is InChI=1S/C12H15NO2/c1-8-5-12(15-4)10(9(2)7-13)6-11(8)14-3/h5-6,9H,1-4H3. The molecule has 1 aromatic rings. The zero-order valence-corrected chi connectivity index (χ0v) is 9.50. The first-order valence-electron chi connectivity index (χ1n) is 4.76. The maximum Gasteiger partial charge on any atom is 0.123 e. The first-order chi connectivity index (χ1) is 7.13. The van der Waals surface area contributed by atoms with E-state index in [0.29, 0.717) is 0 Å². The molecule has 0 saturated heterocycles. The summed E-state index contributed by atoms with van der Waals surface area (Å²) in [6, 6.07) is 5.95. The van der Waals surface area contributed by atoms with E-state index in [9.17, 15) is 0 Å². The maximum absolute atomic E-state index is 8.89. The number of ether oxygens (including phenoxy) is 2. The predicted molar refractivity (Wildman–Crippen MR) is 58.3 cm³/mol. The van der Waals surface area contributed by atoms with E-state index in [1.165, 1.54) is 0 Å². The van der Waals surface area contributed by atoms with Crippen molar-refractivity contribution in [2.75, 3.05) is 14.2 Å². The van der Waals surface area contributed by atoms with Gasteiger partial charge in [0.15, 0.2) is 0 Å². The minimum atomic E-state index is -0.200. The second-order valence-corrected chi connectivity index (χ2v) is 3.41. The minimum absolute atomic E-state index is 0.200. The van der Waals surface area contributed by atoms with Crippen LogP contribution in [0.15, 0.2) is 12.1 Å². The first kappa shape index (κ1) is 11.4. The topological polar surface area (TPSA) is 42.2 Å². The minimum Gasteiger partial charge on any atom is -0.496 e. The van der Waals surface area contributed by atoms with Crippen molar-refractivity contribution in [3.05, 3.63) is 23.3 Å². The van der Waals surface area contributed by atoms with Crippen molar-refractivity contribution in [1.82, 2.24) is 0 Å². The molecule has 0 amide bonds. The highest BCUT2D eigenvalue weighted by molar-refractivity contribution is 5.48. The molecule has 1 atom stereocenters. The Labute approximate surface area is 90.2 Å². The molecular formula is C12H15NO2. The van der Waals surface area contributed by atoms with Gasteiger partial charge in [-0.2, -0.15) is 5.26 Å². The Bertz CT molecular complexity index is 393. The van der Waals surface area contributed by atoms with Crippen molar-refractivity contribution < 1.29 is 9.47 Å². The lowest BCUT2D eigenvalue weighted by atomic mass is 9.99. The van der Waals surface area contributed by atoms with E-state index in [4.69, 9.17) is 14.7 Å². The summed E-state index contributed by atoms with van der Waals surface area (Å²) in [4.78, 5) is 0. The SMILES string of the molecule is COc1cc(C(C)C#N)c(OC)cc1C. The third-order valence-corrected chi connectivity index (χ3v) is 2.41. The van der Waals surface area contributed by atoms with Crippen LogP contribution in [0.2, 0.25) is 0 Å². The van der Waals surface area contributed by atoms with E-state index in [2.05, 4.69) is 6.07 Å². The van der Waals surface area contributed by atoms with Gasteiger partial charge in [0, 0.05) is 5.56 Å². The molecular weight excluding hydrogens is 190 g/mol. The van der Waals surface area contributed by atoms with Crippen molar-refractivity contribution in [2.45, 2.75) is 19.8 Å². The van der Waals surface area contributed by atoms with Gasteiger partial charge in [0.25, 0.3) is 0 Å². The van der Waals surface area contributed by atoms with Crippen LogP contribution in [0.4, 0.5) is 0 Å². The van der Waals surface area contributed by atoms with Crippen molar-refractivity contribution in [2.24, 2.45) is 0 Å². The number of nitriles is 1. The molecule has 1 rings (SSSR count). The number of hydrogen-bond donors (Lipinski definition) is 0. The zero-order chi connectivity index (χ0) is 11.4. The number of methoxy groups -OCH3 is 2. The van der Waals surface area contributed by atoms with E-state index >= 15 is 0 Å². The van der Waals surface area contributed by atoms with Crippen LogP contribution in [0, 0.1) is 18.3 Å². The maximum atomic E-state index is 8.89. The number of benzene rings is 1. The summed E-state index contributed by atoms with van der Waals surface area (Å²) < 4.78 is 10.5. The average molecular weight is 205 g/mol. The average Bonchev–Trinajstić information content (AvgIpc) is 2.27. The van der Waals surface area contributed by atoms with Crippen molar-refractivity contribution >= 4 is 0 Å². The fourth-order valence-corrected chi connectivity index (χ4v) is 1.48. The van der Waals surface area contributed by atoms with Crippen LogP contribution in [-0.2, 0) is 0 Å². The van der Waals surface area contributed by atoms with Crippen LogP contribution in [0.5, 0.6) is 11.5 Å². The molecule has 0 aliphatic rings. The van der Waals surface area contributed by atoms with E-state index in [1.807, 2.05) is 26.0 Å². The van der Waals surface area contributed by atoms with Gasteiger partial charge in [0.05, 0.1) is 26.2 Å². The molecule has 0 fully saturated rings. The van der Waals surface area contributed by atoms with Crippen LogP contribution >= 0.6 is 0 Å². The molecule has 80 valence electrons. The zero-order valence-electron chi connectivity index (χ0n) is 9.50. The van der Waals surface area contributed by atoms with Crippen LogP contribution in [0.25, 0.3) is 0 Å². The monoisotopic (exact) mass is 205 g/mol. The third-order valence-electron chi connectivity index (χ3n) is 2.41. The van der Waals surface area contributed by atoms with E-state index in [-0.39, 0.29) is 5.92 Å². The van der Waals surface area contributed by atoms with Gasteiger partial charge in [0.2, 0.25) is 0 Å². The lowest BCUT2D eigenvalue weighted by molar-refractivity contribution is 0.395. The summed E-state index contributed by atoms with van der Waals surface area (Å²) in [5.41, 5.74) is 1.87. The Kier molecular flexibility index (Phi) is 3.56. The summed E-state index contributed by atoms with van der Waals surface area (Å²) in [7, 11) is 3.23. The Balaban J connectivity index is 3.30. The molecule has 0 heterocycles. The highest BCUT2D eigenvalue weighted by atomic mass is 16.5. The quantitative estimate of drug-likeness (QED) is 0.761. The van der Waals surface area contributed by atoms with Crippen molar-refractivity contribution in [1.29, 1.82) is 5.26 Å². The first-order valence-corrected chi connectivity index (χ1v) is 4.76. The van der Waals surface area contributed by atoms with Gasteiger partial charge < -0.3 is 9.47 Å². The molecule has 3 nitrogen and oxygen atoms in total. The summed E-state index contributed by atoms with van der Waals surface area (Å²) in [5.74, 6) is 1.32. The number of aryl methyl sites for hydroxylation is 1. The third kappa shape index (κ3) is 2.21. The van der Waals surface area contributed by atoms with Gasteiger partial charge in [0.1, 0.15) is 11.5 Å². The smallest absolute Gasteiger partial charge is 0.123 e. The van der Waals surface area contributed by atoms with Crippen LogP contribution in [-0.4, -0.2) is 14.2 Å². The molecule has 0 N–H and O–H groups in total. The van der Waals surface area contributed by atoms with E-state index < -0.39 is 0 Å². The molecule has 3 heteroatoms. The highest BCUT2D eigenvalue weighted by Crippen LogP contribution is 2.32. The molecule has 0 bridgehead atoms. The van der Waals surface area contributed by atoms with Gasteiger partial charge in [-0.1, -0.05) is 0 Å². The Morgan fingerprint density at radius 3 is 2.27 bits per heavy atom. The fourth-order valence-electron chi connectivity index (χ4n) is 1.48. The molecule has 1 aromatic carbocycles. The normalized spacial score (nSPS) is 11.7. The lowest BCUT2D eigenvalue weighted by Gasteiger charge is -2.13. The molecule has 0 radical (unpaired) electrons. The van der Waals surface area contributed by atoms with Crippen LogP contribution in [0.3, 0.4) is 0 Å². The van der Waals surface area contributed by atoms with Crippen LogP contribution in [0.1, 0.15) is 24.0 Å². The number of nitrogens with zero attached hydrogens (tertiary/aromatic N) is 1. The van der Waals surface area contributed by atoms with E-state index in [0.717, 1.165) is 22.6 Å². The predicted octanol–water partition coefficient (Wildman–Crippen LogP) is 2.64. The van der Waals surface area contributed by atoms with Crippen LogP contribution < -0.4 is 9.47 Å². The number of rotatable bonds is 3. The van der Waals surface area contributed by atoms with Gasteiger partial charge in [-0.15, -0.1) is 0 Å². The Morgan fingerprint density at radius 2 is 1.80 bits per heavy atom. The Hall–Kier alpha value is -1.69. The summed E-state index contributed by atoms with van der Waals surface area (Å²) >= 11 is 0. The second-order valence-electron chi connectivity index (χ2n) is 3.41. The fraction of sp³-hybridized carbons (Fsp3) is 0.417. The van der Waals surface area contributed by atoms with Gasteiger partial charge in [-0.05, 0) is 31.5 Å². The number of hydrogen-bond acceptors (Lipinski definition) is 3. The Morgan fingerprint density at radius 1 is 1.20 bits per heavy atom. The van der Waals surface area contributed by atoms with Crippen molar-refractivity contribution in [3.63, 3.8) is 0 Å². The molecule has 0 aliphatic carbocycles. The molecule has 15 heavy (non-hydrogen) atoms. The molecule has 0 saturated carbocycles. The largest absolute Gasteiger partial charge is 0.496 e. The van der Waals surface area contributed by atoms with Gasteiger partial charge >= 0.3 is 0 Å². The summed E-state index contributed by atoms with van der Waals surface area (Å²) in [6.07, 6.45) is 0. The summed E-state index contributed by atoms with van der Waals surface area (Å²) in [6.45, 7) is 3.79. The molecule has 1 unspecified atom stereocenters.